The zero-order chi connectivity index (χ0) is 17.9. The second kappa shape index (κ2) is 5.33. The van der Waals surface area contributed by atoms with Gasteiger partial charge in [0.2, 0.25) is 5.91 Å². The molecule has 0 radical (unpaired) electrons. The van der Waals surface area contributed by atoms with Crippen LogP contribution >= 0.6 is 0 Å². The van der Waals surface area contributed by atoms with Gasteiger partial charge in [0.05, 0.1) is 5.41 Å². The number of nitrogens with zero attached hydrogens (tertiary/aromatic N) is 2. The molecule has 4 nitrogen and oxygen atoms in total. The van der Waals surface area contributed by atoms with E-state index in [4.69, 9.17) is 0 Å². The van der Waals surface area contributed by atoms with E-state index >= 15 is 0 Å². The molecule has 2 aliphatic carbocycles. The summed E-state index contributed by atoms with van der Waals surface area (Å²) in [4.78, 5) is 30.5. The number of amides is 1. The average Bonchev–Trinajstić information content (AvgIpc) is 2.92. The van der Waals surface area contributed by atoms with Gasteiger partial charge in [0.1, 0.15) is 5.78 Å². The van der Waals surface area contributed by atoms with Crippen molar-refractivity contribution in [3.63, 3.8) is 0 Å². The van der Waals surface area contributed by atoms with Crippen LogP contribution in [0.2, 0.25) is 0 Å². The van der Waals surface area contributed by atoms with E-state index < -0.39 is 5.41 Å². The van der Waals surface area contributed by atoms with Gasteiger partial charge in [-0.1, -0.05) is 39.0 Å². The standard InChI is InChI=1S/C21H28N2O2/c1-19(2)20(3)9-10-21(19,15-17(20)24)18(25)23-13-11-22(12-14-23)16-7-5-4-6-8-16/h4-8H,9-15H2,1-3H3/t20-,21-/m0/s1. The number of ketones is 1. The number of benzene rings is 1. The SMILES string of the molecule is CC1(C)[C@@]2(C(=O)N3CCN(c4ccccc4)CC3)CC[C@@]1(C)C(=O)C2. The molecule has 3 aliphatic rings. The van der Waals surface area contributed by atoms with Crippen molar-refractivity contribution < 1.29 is 9.59 Å². The maximum absolute atomic E-state index is 13.5. The monoisotopic (exact) mass is 340 g/mol. The molecule has 2 atom stereocenters. The van der Waals surface area contributed by atoms with Crippen LogP contribution in [0.15, 0.2) is 30.3 Å². The van der Waals surface area contributed by atoms with Crippen LogP contribution in [0.1, 0.15) is 40.0 Å². The summed E-state index contributed by atoms with van der Waals surface area (Å²) in [7, 11) is 0. The number of hydrogen-bond donors (Lipinski definition) is 0. The fourth-order valence-electron chi connectivity index (χ4n) is 5.44. The van der Waals surface area contributed by atoms with Crippen molar-refractivity contribution >= 4 is 17.4 Å². The van der Waals surface area contributed by atoms with E-state index in [1.807, 2.05) is 11.0 Å². The summed E-state index contributed by atoms with van der Waals surface area (Å²) in [6, 6.07) is 10.4. The third-order valence-corrected chi connectivity index (χ3v) is 7.80. The molecule has 4 heteroatoms. The minimum atomic E-state index is -0.478. The van der Waals surface area contributed by atoms with Crippen LogP contribution in [0.3, 0.4) is 0 Å². The van der Waals surface area contributed by atoms with E-state index in [9.17, 15) is 9.59 Å². The van der Waals surface area contributed by atoms with Crippen LogP contribution in [0.25, 0.3) is 0 Å². The zero-order valence-corrected chi connectivity index (χ0v) is 15.5. The molecule has 3 fully saturated rings. The highest BCUT2D eigenvalue weighted by Gasteiger charge is 2.73. The number of carbonyl (C=O) groups excluding carboxylic acids is 2. The Bertz CT molecular complexity index is 706. The fraction of sp³-hybridized carbons (Fsp3) is 0.619. The minimum absolute atomic E-state index is 0.222. The molecular formula is C21H28N2O2. The summed E-state index contributed by atoms with van der Waals surface area (Å²) >= 11 is 0. The molecule has 134 valence electrons. The van der Waals surface area contributed by atoms with Crippen LogP contribution in [-0.2, 0) is 9.59 Å². The number of carbonyl (C=O) groups is 2. The third kappa shape index (κ3) is 2.06. The molecule has 0 unspecified atom stereocenters. The number of hydrogen-bond acceptors (Lipinski definition) is 3. The largest absolute Gasteiger partial charge is 0.368 e. The van der Waals surface area contributed by atoms with Gasteiger partial charge in [-0.2, -0.15) is 0 Å². The molecule has 1 saturated heterocycles. The van der Waals surface area contributed by atoms with Gasteiger partial charge in [-0.15, -0.1) is 0 Å². The summed E-state index contributed by atoms with van der Waals surface area (Å²) in [6.07, 6.45) is 2.16. The Balaban J connectivity index is 1.51. The first kappa shape index (κ1) is 16.6. The van der Waals surface area contributed by atoms with E-state index in [0.29, 0.717) is 12.2 Å². The van der Waals surface area contributed by atoms with Gasteiger partial charge in [-0.05, 0) is 30.4 Å². The maximum Gasteiger partial charge on any atom is 0.229 e. The van der Waals surface area contributed by atoms with Crippen molar-refractivity contribution in [2.24, 2.45) is 16.2 Å². The number of Topliss-reactive ketones (excluding diaryl/α,β-unsaturated/α-hetero) is 1. The normalized spacial score (nSPS) is 33.8. The second-order valence-electron chi connectivity index (χ2n) is 8.75. The first-order valence-electron chi connectivity index (χ1n) is 9.45. The van der Waals surface area contributed by atoms with Crippen molar-refractivity contribution in [1.82, 2.24) is 4.90 Å². The third-order valence-electron chi connectivity index (χ3n) is 7.80. The molecule has 4 rings (SSSR count). The molecule has 2 bridgehead atoms. The molecule has 1 aromatic carbocycles. The molecule has 1 aromatic rings. The van der Waals surface area contributed by atoms with E-state index in [2.05, 4.69) is 49.9 Å². The predicted octanol–water partition coefficient (Wildman–Crippen LogP) is 3.12. The summed E-state index contributed by atoms with van der Waals surface area (Å²) in [5, 5.41) is 0. The van der Waals surface area contributed by atoms with Gasteiger partial charge in [-0.3, -0.25) is 9.59 Å². The summed E-state index contributed by atoms with van der Waals surface area (Å²) < 4.78 is 0. The highest BCUT2D eigenvalue weighted by molar-refractivity contribution is 5.99. The van der Waals surface area contributed by atoms with E-state index in [0.717, 1.165) is 39.0 Å². The van der Waals surface area contributed by atoms with Crippen molar-refractivity contribution in [2.45, 2.75) is 40.0 Å². The van der Waals surface area contributed by atoms with E-state index in [1.165, 1.54) is 5.69 Å². The lowest BCUT2D eigenvalue weighted by Crippen LogP contribution is -2.55. The van der Waals surface area contributed by atoms with Crippen LogP contribution < -0.4 is 4.90 Å². The lowest BCUT2D eigenvalue weighted by Gasteiger charge is -2.44. The minimum Gasteiger partial charge on any atom is -0.368 e. The van der Waals surface area contributed by atoms with Gasteiger partial charge in [0.15, 0.2) is 0 Å². The second-order valence-corrected chi connectivity index (χ2v) is 8.75. The molecule has 1 heterocycles. The maximum atomic E-state index is 13.5. The number of rotatable bonds is 2. The molecule has 1 amide bonds. The molecule has 0 N–H and O–H groups in total. The predicted molar refractivity (Wildman–Crippen MR) is 98.4 cm³/mol. The quantitative estimate of drug-likeness (QED) is 0.830. The van der Waals surface area contributed by atoms with Gasteiger partial charge in [0, 0.05) is 43.7 Å². The van der Waals surface area contributed by atoms with Crippen molar-refractivity contribution in [3.8, 4) is 0 Å². The van der Waals surface area contributed by atoms with Gasteiger partial charge in [-0.25, -0.2) is 0 Å². The fourth-order valence-corrected chi connectivity index (χ4v) is 5.44. The number of piperazine rings is 1. The summed E-state index contributed by atoms with van der Waals surface area (Å²) in [5.74, 6) is 0.514. The molecule has 2 saturated carbocycles. The first-order chi connectivity index (χ1) is 11.8. The molecule has 0 spiro atoms. The Kier molecular flexibility index (Phi) is 3.54. The van der Waals surface area contributed by atoms with Crippen LogP contribution in [0.4, 0.5) is 5.69 Å². The Morgan fingerprint density at radius 3 is 2.12 bits per heavy atom. The van der Waals surface area contributed by atoms with Crippen LogP contribution in [-0.4, -0.2) is 42.8 Å². The van der Waals surface area contributed by atoms with Gasteiger partial charge in [0.25, 0.3) is 0 Å². The topological polar surface area (TPSA) is 40.6 Å². The molecule has 0 aromatic heterocycles. The van der Waals surface area contributed by atoms with E-state index in [1.54, 1.807) is 0 Å². The number of anilines is 1. The van der Waals surface area contributed by atoms with Crippen LogP contribution in [0, 0.1) is 16.2 Å². The Morgan fingerprint density at radius 2 is 1.60 bits per heavy atom. The van der Waals surface area contributed by atoms with E-state index in [-0.39, 0.29) is 16.7 Å². The first-order valence-corrected chi connectivity index (χ1v) is 9.45. The van der Waals surface area contributed by atoms with Gasteiger partial charge >= 0.3 is 0 Å². The Labute approximate surface area is 150 Å². The van der Waals surface area contributed by atoms with Crippen molar-refractivity contribution in [1.29, 1.82) is 0 Å². The van der Waals surface area contributed by atoms with Gasteiger partial charge < -0.3 is 9.80 Å². The molecular weight excluding hydrogens is 312 g/mol. The van der Waals surface area contributed by atoms with Crippen LogP contribution in [0.5, 0.6) is 0 Å². The highest BCUT2D eigenvalue weighted by Crippen LogP contribution is 2.71. The summed E-state index contributed by atoms with van der Waals surface area (Å²) in [6.45, 7) is 9.57. The zero-order valence-electron chi connectivity index (χ0n) is 15.5. The smallest absolute Gasteiger partial charge is 0.229 e. The van der Waals surface area contributed by atoms with Crippen molar-refractivity contribution in [2.75, 3.05) is 31.1 Å². The van der Waals surface area contributed by atoms with Crippen molar-refractivity contribution in [3.05, 3.63) is 30.3 Å². The Hall–Kier alpha value is -1.84. The average molecular weight is 340 g/mol. The lowest BCUT2D eigenvalue weighted by atomic mass is 9.64. The number of fused-ring (bicyclic) bond motifs is 2. The highest BCUT2D eigenvalue weighted by atomic mass is 16.2. The lowest BCUT2D eigenvalue weighted by molar-refractivity contribution is -0.148. The number of para-hydroxylation sites is 1. The molecule has 25 heavy (non-hydrogen) atoms. The molecule has 1 aliphatic heterocycles. The summed E-state index contributed by atoms with van der Waals surface area (Å²) in [5.41, 5.74) is 0.171. The Morgan fingerprint density at radius 1 is 0.960 bits per heavy atom.